The number of unbranched alkanes of at least 4 members (excludes halogenated alkanes) is 19. The van der Waals surface area contributed by atoms with E-state index in [1.54, 1.807) is 0 Å². The second-order valence-corrected chi connectivity index (χ2v) is 14.9. The molecule has 0 aromatic heterocycles. The van der Waals surface area contributed by atoms with Crippen LogP contribution in [0.1, 0.15) is 155 Å². The van der Waals surface area contributed by atoms with Gasteiger partial charge in [-0.15, -0.1) is 5.92 Å². The summed E-state index contributed by atoms with van der Waals surface area (Å²) >= 11 is 0. The molecule has 0 spiro atoms. The van der Waals surface area contributed by atoms with Crippen molar-refractivity contribution in [3.8, 4) is 11.8 Å². The van der Waals surface area contributed by atoms with Crippen LogP contribution < -0.4 is 5.32 Å². The molecule has 0 aliphatic heterocycles. The number of hydrogen-bond donors (Lipinski definition) is 3. The Balaban J connectivity index is 4.59. The topological polar surface area (TPSA) is 105 Å². The maximum atomic E-state index is 12.7. The number of nitrogens with zero attached hydrogens (tertiary/aromatic N) is 1. The minimum Gasteiger partial charge on any atom is -0.378 e. The predicted molar refractivity (Wildman–Crippen MR) is 183 cm³/mol. The summed E-state index contributed by atoms with van der Waals surface area (Å²) in [5.74, 6) is 5.62. The molecule has 0 rings (SSSR count). The van der Waals surface area contributed by atoms with Crippen molar-refractivity contribution in [1.29, 1.82) is 0 Å². The molecule has 0 saturated carbocycles. The zero-order valence-corrected chi connectivity index (χ0v) is 30.1. The first-order chi connectivity index (χ1) is 21.0. The van der Waals surface area contributed by atoms with Crippen molar-refractivity contribution in [2.24, 2.45) is 0 Å². The van der Waals surface area contributed by atoms with Gasteiger partial charge < -0.3 is 19.8 Å². The van der Waals surface area contributed by atoms with Crippen LogP contribution in [-0.4, -0.2) is 73.4 Å². The van der Waals surface area contributed by atoms with Gasteiger partial charge in [0.05, 0.1) is 33.8 Å². The number of rotatable bonds is 30. The summed E-state index contributed by atoms with van der Waals surface area (Å²) in [6, 6.07) is -0.923. The highest BCUT2D eigenvalue weighted by molar-refractivity contribution is 7.47. The van der Waals surface area contributed by atoms with Crippen LogP contribution in [0.2, 0.25) is 0 Å². The van der Waals surface area contributed by atoms with E-state index < -0.39 is 20.0 Å². The van der Waals surface area contributed by atoms with E-state index in [9.17, 15) is 19.4 Å². The molecule has 0 aromatic carbocycles. The zero-order chi connectivity index (χ0) is 32.9. The molecule has 260 valence electrons. The third kappa shape index (κ3) is 29.8. The van der Waals surface area contributed by atoms with E-state index >= 15 is 0 Å². The lowest BCUT2D eigenvalue weighted by Crippen LogP contribution is -2.45. The van der Waals surface area contributed by atoms with Gasteiger partial charge in [-0.2, -0.15) is 0 Å². The molecule has 0 heterocycles. The highest BCUT2D eigenvalue weighted by Crippen LogP contribution is 2.43. The number of quaternary nitrogens is 1. The van der Waals surface area contributed by atoms with Gasteiger partial charge in [-0.05, 0) is 12.8 Å². The highest BCUT2D eigenvalue weighted by Gasteiger charge is 2.28. The summed E-state index contributed by atoms with van der Waals surface area (Å²) < 4.78 is 23.3. The Kier molecular flexibility index (Phi) is 27.7. The number of carbonyl (C=O) groups excluding carboxylic acids is 1. The third-order valence-electron chi connectivity index (χ3n) is 7.82. The Labute approximate surface area is 271 Å². The molecule has 0 saturated heterocycles. The van der Waals surface area contributed by atoms with E-state index in [2.05, 4.69) is 31.0 Å². The van der Waals surface area contributed by atoms with Crippen molar-refractivity contribution in [1.82, 2.24) is 5.32 Å². The average Bonchev–Trinajstić information content (AvgIpc) is 2.95. The standard InChI is InChI=1S/C35H69N2O6P/c1-6-8-10-12-14-16-18-19-21-23-25-27-29-35(39)36-33(32-43-44(40,41)42-31-30-37(3,4)5)34(38)28-26-24-22-20-17-15-13-11-9-7-2/h33-34,38H,6-25,27,29-32H2,1-5H3,(H-,36,39,40,41)/p+1/t33-,34+/m0/s1. The van der Waals surface area contributed by atoms with Crippen LogP contribution in [-0.2, 0) is 18.4 Å². The number of nitrogens with one attached hydrogen (secondary N) is 1. The van der Waals surface area contributed by atoms with Crippen molar-refractivity contribution < 1.29 is 32.9 Å². The van der Waals surface area contributed by atoms with E-state index in [1.807, 2.05) is 21.1 Å². The number of amides is 1. The summed E-state index contributed by atoms with van der Waals surface area (Å²) in [5, 5.41) is 13.5. The predicted octanol–water partition coefficient (Wildman–Crippen LogP) is 8.30. The molecule has 1 unspecified atom stereocenters. The van der Waals surface area contributed by atoms with Crippen LogP contribution in [0, 0.1) is 11.8 Å². The van der Waals surface area contributed by atoms with Gasteiger partial charge in [-0.1, -0.05) is 135 Å². The van der Waals surface area contributed by atoms with E-state index in [0.29, 0.717) is 23.9 Å². The number of aliphatic hydroxyl groups excluding tert-OH is 1. The lowest BCUT2D eigenvalue weighted by atomic mass is 10.0. The van der Waals surface area contributed by atoms with Gasteiger partial charge in [0.25, 0.3) is 0 Å². The molecule has 3 atom stereocenters. The maximum Gasteiger partial charge on any atom is 0.472 e. The molecular weight excluding hydrogens is 575 g/mol. The zero-order valence-electron chi connectivity index (χ0n) is 29.3. The van der Waals surface area contributed by atoms with Gasteiger partial charge in [-0.25, -0.2) is 4.57 Å². The number of phosphoric ester groups is 1. The lowest BCUT2D eigenvalue weighted by Gasteiger charge is -2.25. The minimum absolute atomic E-state index is 0.0498. The second kappa shape index (κ2) is 28.3. The fourth-order valence-corrected chi connectivity index (χ4v) is 5.62. The first-order valence-electron chi connectivity index (χ1n) is 17.9. The van der Waals surface area contributed by atoms with Gasteiger partial charge in [0.1, 0.15) is 19.3 Å². The Bertz CT molecular complexity index is 792. The summed E-state index contributed by atoms with van der Waals surface area (Å²) in [7, 11) is 1.53. The molecule has 3 N–H and O–H groups in total. The molecule has 9 heteroatoms. The largest absolute Gasteiger partial charge is 0.472 e. The van der Waals surface area contributed by atoms with Crippen LogP contribution in [0.25, 0.3) is 0 Å². The average molecular weight is 646 g/mol. The normalized spacial score (nSPS) is 14.4. The number of carbonyl (C=O) groups is 1. The maximum absolute atomic E-state index is 12.7. The van der Waals surface area contributed by atoms with Crippen molar-refractivity contribution in [3.63, 3.8) is 0 Å². The van der Waals surface area contributed by atoms with Gasteiger partial charge in [0.2, 0.25) is 5.91 Å². The van der Waals surface area contributed by atoms with Crippen molar-refractivity contribution >= 4 is 13.7 Å². The second-order valence-electron chi connectivity index (χ2n) is 13.4. The van der Waals surface area contributed by atoms with Crippen molar-refractivity contribution in [2.45, 2.75) is 167 Å². The van der Waals surface area contributed by atoms with Crippen LogP contribution >= 0.6 is 7.82 Å². The summed E-state index contributed by atoms with van der Waals surface area (Å²) in [5.41, 5.74) is 0. The molecule has 8 nitrogen and oxygen atoms in total. The van der Waals surface area contributed by atoms with Crippen LogP contribution in [0.15, 0.2) is 0 Å². The minimum atomic E-state index is -4.34. The molecule has 0 radical (unpaired) electrons. The Morgan fingerprint density at radius 3 is 1.68 bits per heavy atom. The van der Waals surface area contributed by atoms with Gasteiger partial charge in [0.15, 0.2) is 0 Å². The molecule has 0 bridgehead atoms. The number of hydrogen-bond acceptors (Lipinski definition) is 5. The summed E-state index contributed by atoms with van der Waals surface area (Å²) in [6.45, 7) is 4.68. The first kappa shape index (κ1) is 43.1. The molecular formula is C35H70N2O6P+. The monoisotopic (exact) mass is 645 g/mol. The third-order valence-corrected chi connectivity index (χ3v) is 8.81. The fourth-order valence-electron chi connectivity index (χ4n) is 4.88. The molecule has 0 aromatic rings. The number of likely N-dealkylation sites (N-methyl/N-ethyl adjacent to an activating group) is 1. The van der Waals surface area contributed by atoms with Crippen molar-refractivity contribution in [2.75, 3.05) is 40.9 Å². The first-order valence-corrected chi connectivity index (χ1v) is 19.4. The highest BCUT2D eigenvalue weighted by atomic mass is 31.2. The molecule has 0 aliphatic carbocycles. The summed E-state index contributed by atoms with van der Waals surface area (Å²) in [4.78, 5) is 22.8. The van der Waals surface area contributed by atoms with E-state index in [-0.39, 0.29) is 19.1 Å². The lowest BCUT2D eigenvalue weighted by molar-refractivity contribution is -0.870. The van der Waals surface area contributed by atoms with E-state index in [0.717, 1.165) is 32.1 Å². The Morgan fingerprint density at radius 2 is 1.20 bits per heavy atom. The quantitative estimate of drug-likeness (QED) is 0.0314. The van der Waals surface area contributed by atoms with E-state index in [4.69, 9.17) is 9.05 Å². The SMILES string of the molecule is CCCCCCCCCCC#C[C@@H](O)[C@H](COP(=O)(O)OCC[N+](C)(C)C)NC(=O)CCCCCCCCCCCCCC. The molecule has 44 heavy (non-hydrogen) atoms. The number of phosphoric acid groups is 1. The molecule has 0 aliphatic rings. The number of aliphatic hydroxyl groups is 1. The smallest absolute Gasteiger partial charge is 0.378 e. The van der Waals surface area contributed by atoms with Crippen molar-refractivity contribution in [3.05, 3.63) is 0 Å². The van der Waals surface area contributed by atoms with Gasteiger partial charge in [0, 0.05) is 12.8 Å². The fraction of sp³-hybridized carbons (Fsp3) is 0.914. The van der Waals surface area contributed by atoms with Crippen LogP contribution in [0.3, 0.4) is 0 Å². The van der Waals surface area contributed by atoms with Crippen LogP contribution in [0.4, 0.5) is 0 Å². The van der Waals surface area contributed by atoms with Gasteiger partial charge >= 0.3 is 7.82 Å². The molecule has 1 amide bonds. The van der Waals surface area contributed by atoms with Gasteiger partial charge in [-0.3, -0.25) is 13.8 Å². The summed E-state index contributed by atoms with van der Waals surface area (Å²) in [6.07, 6.45) is 24.1. The van der Waals surface area contributed by atoms with Crippen LogP contribution in [0.5, 0.6) is 0 Å². The molecule has 0 fully saturated rings. The Hall–Kier alpha value is -0.940. The van der Waals surface area contributed by atoms with E-state index in [1.165, 1.54) is 96.3 Å². The Morgan fingerprint density at radius 1 is 0.750 bits per heavy atom.